The van der Waals surface area contributed by atoms with Crippen LogP contribution in [0.2, 0.25) is 0 Å². The first-order valence-corrected chi connectivity index (χ1v) is 4.31. The fraction of sp³-hybridized carbons (Fsp3) is 1.00. The Kier molecular flexibility index (Phi) is 1.85. The van der Waals surface area contributed by atoms with E-state index in [0.717, 1.165) is 19.4 Å². The number of rotatable bonds is 4. The first-order valence-electron chi connectivity index (χ1n) is 4.31. The molecule has 3 heteroatoms. The predicted octanol–water partition coefficient (Wildman–Crippen LogP) is 1.37. The molecule has 0 unspecified atom stereocenters. The number of hydrogen-bond donors (Lipinski definition) is 0. The van der Waals surface area contributed by atoms with Crippen LogP contribution in [0.15, 0.2) is 0 Å². The summed E-state index contributed by atoms with van der Waals surface area (Å²) in [7, 11) is 0. The molecular formula is C8H14FNO. The van der Waals surface area contributed by atoms with E-state index in [9.17, 15) is 4.53 Å². The molecule has 11 heavy (non-hydrogen) atoms. The van der Waals surface area contributed by atoms with Gasteiger partial charge < -0.3 is 4.90 Å². The lowest BCUT2D eigenvalue weighted by molar-refractivity contribution is -0.152. The van der Waals surface area contributed by atoms with E-state index in [4.69, 9.17) is 0 Å². The van der Waals surface area contributed by atoms with Gasteiger partial charge in [0, 0.05) is 12.0 Å². The van der Waals surface area contributed by atoms with Crippen molar-refractivity contribution in [2.24, 2.45) is 5.41 Å². The third kappa shape index (κ3) is 1.54. The van der Waals surface area contributed by atoms with Crippen LogP contribution in [0.4, 0.5) is 4.53 Å². The molecule has 1 saturated carbocycles. The monoisotopic (exact) mass is 159 g/mol. The van der Waals surface area contributed by atoms with Gasteiger partial charge in [-0.3, -0.25) is 0 Å². The second kappa shape index (κ2) is 2.72. The normalized spacial score (nSPS) is 28.1. The van der Waals surface area contributed by atoms with Crippen molar-refractivity contribution in [1.29, 1.82) is 0 Å². The Labute approximate surface area is 66.2 Å². The van der Waals surface area contributed by atoms with E-state index in [2.05, 4.69) is 9.84 Å². The van der Waals surface area contributed by atoms with Crippen LogP contribution in [0.25, 0.3) is 0 Å². The molecule has 1 heterocycles. The van der Waals surface area contributed by atoms with Crippen LogP contribution >= 0.6 is 0 Å². The van der Waals surface area contributed by atoms with Crippen LogP contribution in [0.3, 0.4) is 0 Å². The average Bonchev–Trinajstić information content (AvgIpc) is 2.62. The van der Waals surface area contributed by atoms with Crippen LogP contribution in [-0.2, 0) is 4.94 Å². The van der Waals surface area contributed by atoms with E-state index in [1.54, 1.807) is 0 Å². The van der Waals surface area contributed by atoms with Gasteiger partial charge in [0.1, 0.15) is 0 Å². The third-order valence-electron chi connectivity index (χ3n) is 2.83. The maximum absolute atomic E-state index is 11.6. The van der Waals surface area contributed by atoms with Gasteiger partial charge in [-0.25, -0.2) is 0 Å². The van der Waals surface area contributed by atoms with Gasteiger partial charge >= 0.3 is 0 Å². The van der Waals surface area contributed by atoms with Crippen molar-refractivity contribution < 1.29 is 9.47 Å². The summed E-state index contributed by atoms with van der Waals surface area (Å²) in [5.41, 5.74) is 0.204. The second-order valence-corrected chi connectivity index (χ2v) is 3.88. The molecule has 1 saturated heterocycles. The molecule has 0 aromatic heterocycles. The molecule has 0 bridgehead atoms. The minimum atomic E-state index is 0.204. The van der Waals surface area contributed by atoms with Gasteiger partial charge in [0.05, 0.1) is 6.61 Å². The highest BCUT2D eigenvalue weighted by Crippen LogP contribution is 2.47. The minimum Gasteiger partial charge on any atom is -0.303 e. The summed E-state index contributed by atoms with van der Waals surface area (Å²) < 4.78 is 11.6. The molecule has 0 spiro atoms. The van der Waals surface area contributed by atoms with Gasteiger partial charge in [-0.05, 0) is 36.9 Å². The quantitative estimate of drug-likeness (QED) is 0.614. The molecule has 1 aliphatic heterocycles. The van der Waals surface area contributed by atoms with E-state index in [-0.39, 0.29) is 5.41 Å². The molecule has 0 aromatic carbocycles. The molecule has 0 aromatic rings. The maximum Gasteiger partial charge on any atom is 0.0944 e. The van der Waals surface area contributed by atoms with Crippen molar-refractivity contribution in [2.75, 3.05) is 26.2 Å². The van der Waals surface area contributed by atoms with E-state index in [1.807, 2.05) is 0 Å². The van der Waals surface area contributed by atoms with Crippen molar-refractivity contribution in [3.05, 3.63) is 0 Å². The minimum absolute atomic E-state index is 0.204. The molecule has 2 aliphatic rings. The van der Waals surface area contributed by atoms with Gasteiger partial charge in [0.25, 0.3) is 0 Å². The highest BCUT2D eigenvalue weighted by atomic mass is 19.3. The summed E-state index contributed by atoms with van der Waals surface area (Å²) in [4.78, 5) is 6.09. The fourth-order valence-electron chi connectivity index (χ4n) is 1.65. The molecule has 0 atom stereocenters. The van der Waals surface area contributed by atoms with Crippen LogP contribution in [0.5, 0.6) is 0 Å². The Bertz CT molecular complexity index is 143. The van der Waals surface area contributed by atoms with Gasteiger partial charge in [0.15, 0.2) is 0 Å². The molecule has 64 valence electrons. The number of nitrogens with zero attached hydrogens (tertiary/aromatic N) is 1. The van der Waals surface area contributed by atoms with Gasteiger partial charge in [-0.1, -0.05) is 0 Å². The van der Waals surface area contributed by atoms with Gasteiger partial charge in [-0.15, -0.1) is 0 Å². The highest BCUT2D eigenvalue weighted by molar-refractivity contribution is 4.96. The van der Waals surface area contributed by atoms with Crippen LogP contribution in [0, 0.1) is 5.41 Å². The molecule has 2 fully saturated rings. The first-order chi connectivity index (χ1) is 5.35. The summed E-state index contributed by atoms with van der Waals surface area (Å²) in [6.07, 6.45) is 3.60. The molecular weight excluding hydrogens is 145 g/mol. The van der Waals surface area contributed by atoms with Crippen molar-refractivity contribution in [2.45, 2.75) is 19.3 Å². The van der Waals surface area contributed by atoms with Crippen molar-refractivity contribution >= 4 is 0 Å². The van der Waals surface area contributed by atoms with E-state index < -0.39 is 0 Å². The van der Waals surface area contributed by atoms with Crippen molar-refractivity contribution in [3.8, 4) is 0 Å². The van der Waals surface area contributed by atoms with E-state index in [1.165, 1.54) is 19.5 Å². The standard InChI is InChI=1S/C8H14FNO/c9-11-7-8(2-3-8)6-10-4-1-5-10/h1-7H2. The largest absolute Gasteiger partial charge is 0.303 e. The zero-order valence-corrected chi connectivity index (χ0v) is 6.68. The smallest absolute Gasteiger partial charge is 0.0944 e. The fourth-order valence-corrected chi connectivity index (χ4v) is 1.65. The number of hydrogen-bond acceptors (Lipinski definition) is 2. The van der Waals surface area contributed by atoms with Crippen LogP contribution < -0.4 is 0 Å². The zero-order valence-electron chi connectivity index (χ0n) is 6.68. The Morgan fingerprint density at radius 3 is 2.45 bits per heavy atom. The van der Waals surface area contributed by atoms with E-state index in [0.29, 0.717) is 6.61 Å². The Morgan fingerprint density at radius 1 is 1.36 bits per heavy atom. The summed E-state index contributed by atoms with van der Waals surface area (Å²) in [5.74, 6) is 0. The summed E-state index contributed by atoms with van der Waals surface area (Å²) in [5, 5.41) is 0. The van der Waals surface area contributed by atoms with Gasteiger partial charge in [0.2, 0.25) is 0 Å². The molecule has 0 amide bonds. The van der Waals surface area contributed by atoms with Crippen LogP contribution in [0.1, 0.15) is 19.3 Å². The molecule has 1 aliphatic carbocycles. The van der Waals surface area contributed by atoms with Crippen LogP contribution in [-0.4, -0.2) is 31.1 Å². The van der Waals surface area contributed by atoms with Gasteiger partial charge in [-0.2, -0.15) is 4.94 Å². The average molecular weight is 159 g/mol. The third-order valence-corrected chi connectivity index (χ3v) is 2.83. The molecule has 2 nitrogen and oxygen atoms in total. The maximum atomic E-state index is 11.6. The topological polar surface area (TPSA) is 12.5 Å². The SMILES string of the molecule is FOCC1(CN2CCC2)CC1. The Morgan fingerprint density at radius 2 is 2.09 bits per heavy atom. The van der Waals surface area contributed by atoms with E-state index >= 15 is 0 Å². The number of likely N-dealkylation sites (tertiary alicyclic amines) is 1. The van der Waals surface area contributed by atoms with Crippen molar-refractivity contribution in [1.82, 2.24) is 4.90 Å². The summed E-state index contributed by atoms with van der Waals surface area (Å²) >= 11 is 0. The number of halogens is 1. The predicted molar refractivity (Wildman–Crippen MR) is 39.8 cm³/mol. The molecule has 0 N–H and O–H groups in total. The summed E-state index contributed by atoms with van der Waals surface area (Å²) in [6.45, 7) is 3.77. The first kappa shape index (κ1) is 7.50. The molecule has 0 radical (unpaired) electrons. The highest BCUT2D eigenvalue weighted by Gasteiger charge is 2.45. The zero-order chi connectivity index (χ0) is 7.73. The lowest BCUT2D eigenvalue weighted by Crippen LogP contribution is -2.42. The lowest BCUT2D eigenvalue weighted by atomic mass is 10.1. The molecule has 2 rings (SSSR count). The Hall–Kier alpha value is -0.150. The van der Waals surface area contributed by atoms with Crippen molar-refractivity contribution in [3.63, 3.8) is 0 Å². The Balaban J connectivity index is 1.74. The lowest BCUT2D eigenvalue weighted by Gasteiger charge is -2.33. The summed E-state index contributed by atoms with van der Waals surface area (Å²) in [6, 6.07) is 0. The second-order valence-electron chi connectivity index (χ2n) is 3.88.